The first-order chi connectivity index (χ1) is 5.94. The fourth-order valence-corrected chi connectivity index (χ4v) is 3.05. The van der Waals surface area contributed by atoms with E-state index in [2.05, 4.69) is 19.6 Å². The summed E-state index contributed by atoms with van der Waals surface area (Å²) in [5, 5.41) is 0. The Kier molecular flexibility index (Phi) is 2.90. The molecule has 4 heteroatoms. The van der Waals surface area contributed by atoms with Gasteiger partial charge in [-0.2, -0.15) is 0 Å². The highest BCUT2D eigenvalue weighted by atomic mass is 28.3. The highest BCUT2D eigenvalue weighted by molar-refractivity contribution is 6.76. The molecule has 0 aliphatic carbocycles. The maximum atomic E-state index is 11.4. The molecule has 1 heterocycles. The van der Waals surface area contributed by atoms with Gasteiger partial charge < -0.3 is 9.69 Å². The molecule has 74 valence electrons. The average Bonchev–Trinajstić information content (AvgIpc) is 2.30. The van der Waals surface area contributed by atoms with Crippen molar-refractivity contribution in [1.29, 1.82) is 0 Å². The van der Waals surface area contributed by atoms with Crippen molar-refractivity contribution in [3.05, 3.63) is 0 Å². The van der Waals surface area contributed by atoms with Gasteiger partial charge in [0.2, 0.25) is 5.91 Å². The number of amides is 1. The SMILES string of the molecule is C[Si](C)(C)CN1C(=O)CCC1C=O. The highest BCUT2D eigenvalue weighted by Gasteiger charge is 2.33. The summed E-state index contributed by atoms with van der Waals surface area (Å²) in [6, 6.07) is -0.140. The predicted octanol–water partition coefficient (Wildman–Crippen LogP) is 1.05. The van der Waals surface area contributed by atoms with E-state index in [0.29, 0.717) is 12.8 Å². The van der Waals surface area contributed by atoms with Crippen LogP contribution in [-0.4, -0.2) is 37.4 Å². The number of rotatable bonds is 3. The van der Waals surface area contributed by atoms with Crippen LogP contribution in [0.15, 0.2) is 0 Å². The Hall–Kier alpha value is -0.643. The van der Waals surface area contributed by atoms with Crippen LogP contribution in [0.2, 0.25) is 19.6 Å². The van der Waals surface area contributed by atoms with E-state index >= 15 is 0 Å². The van der Waals surface area contributed by atoms with Gasteiger partial charge in [0.25, 0.3) is 0 Å². The predicted molar refractivity (Wildman–Crippen MR) is 54.1 cm³/mol. The van der Waals surface area contributed by atoms with Crippen LogP contribution in [0, 0.1) is 0 Å². The van der Waals surface area contributed by atoms with Crippen LogP contribution in [0.4, 0.5) is 0 Å². The third-order valence-electron chi connectivity index (χ3n) is 2.18. The van der Waals surface area contributed by atoms with E-state index in [1.807, 2.05) is 0 Å². The van der Waals surface area contributed by atoms with Gasteiger partial charge in [0.1, 0.15) is 6.29 Å². The minimum atomic E-state index is -1.28. The first kappa shape index (κ1) is 10.4. The Morgan fingerprint density at radius 3 is 2.62 bits per heavy atom. The molecule has 1 saturated heterocycles. The summed E-state index contributed by atoms with van der Waals surface area (Å²) in [4.78, 5) is 23.8. The molecule has 1 amide bonds. The van der Waals surface area contributed by atoms with Gasteiger partial charge in [-0.15, -0.1) is 0 Å². The zero-order valence-corrected chi connectivity index (χ0v) is 9.54. The van der Waals surface area contributed by atoms with Crippen LogP contribution in [0.25, 0.3) is 0 Å². The first-order valence-corrected chi connectivity index (χ1v) is 8.39. The molecule has 13 heavy (non-hydrogen) atoms. The van der Waals surface area contributed by atoms with Crippen LogP contribution in [0.5, 0.6) is 0 Å². The summed E-state index contributed by atoms with van der Waals surface area (Å²) < 4.78 is 0. The molecule has 0 saturated carbocycles. The first-order valence-electron chi connectivity index (χ1n) is 4.69. The Balaban J connectivity index is 2.65. The Morgan fingerprint density at radius 1 is 1.54 bits per heavy atom. The standard InChI is InChI=1S/C9H17NO2Si/c1-13(2,3)7-10-8(6-11)4-5-9(10)12/h6,8H,4-5,7H2,1-3H3. The van der Waals surface area contributed by atoms with E-state index in [1.165, 1.54) is 0 Å². The van der Waals surface area contributed by atoms with Crippen molar-refractivity contribution in [2.75, 3.05) is 6.17 Å². The lowest BCUT2D eigenvalue weighted by molar-refractivity contribution is -0.130. The molecule has 1 rings (SSSR count). The second-order valence-corrected chi connectivity index (χ2v) is 10.3. The second kappa shape index (κ2) is 3.62. The number of hydrogen-bond donors (Lipinski definition) is 0. The average molecular weight is 199 g/mol. The molecule has 0 bridgehead atoms. The van der Waals surface area contributed by atoms with Crippen molar-refractivity contribution in [2.45, 2.75) is 38.5 Å². The molecule has 1 fully saturated rings. The third kappa shape index (κ3) is 2.65. The van der Waals surface area contributed by atoms with Crippen LogP contribution < -0.4 is 0 Å². The molecule has 1 aliphatic rings. The zero-order valence-electron chi connectivity index (χ0n) is 8.54. The maximum Gasteiger partial charge on any atom is 0.222 e. The summed E-state index contributed by atoms with van der Waals surface area (Å²) in [5.74, 6) is 0.152. The topological polar surface area (TPSA) is 37.4 Å². The van der Waals surface area contributed by atoms with Crippen LogP contribution in [-0.2, 0) is 9.59 Å². The molecule has 0 aromatic heterocycles. The van der Waals surface area contributed by atoms with Gasteiger partial charge in [0, 0.05) is 12.6 Å². The normalized spacial score (nSPS) is 23.8. The third-order valence-corrected chi connectivity index (χ3v) is 3.47. The lowest BCUT2D eigenvalue weighted by Crippen LogP contribution is -2.45. The van der Waals surface area contributed by atoms with Crippen LogP contribution >= 0.6 is 0 Å². The van der Waals surface area contributed by atoms with Gasteiger partial charge in [-0.1, -0.05) is 19.6 Å². The lowest BCUT2D eigenvalue weighted by atomic mass is 10.2. The van der Waals surface area contributed by atoms with E-state index < -0.39 is 8.07 Å². The molecule has 1 aliphatic heterocycles. The number of carbonyl (C=O) groups is 2. The van der Waals surface area contributed by atoms with Crippen molar-refractivity contribution in [1.82, 2.24) is 4.90 Å². The van der Waals surface area contributed by atoms with Gasteiger partial charge in [-0.3, -0.25) is 4.79 Å². The maximum absolute atomic E-state index is 11.4. The van der Waals surface area contributed by atoms with Crippen molar-refractivity contribution >= 4 is 20.3 Å². The van der Waals surface area contributed by atoms with E-state index in [4.69, 9.17) is 0 Å². The van der Waals surface area contributed by atoms with Gasteiger partial charge in [0.05, 0.1) is 14.1 Å². The highest BCUT2D eigenvalue weighted by Crippen LogP contribution is 2.19. The van der Waals surface area contributed by atoms with Crippen LogP contribution in [0.1, 0.15) is 12.8 Å². The van der Waals surface area contributed by atoms with Crippen molar-refractivity contribution in [3.63, 3.8) is 0 Å². The fraction of sp³-hybridized carbons (Fsp3) is 0.778. The van der Waals surface area contributed by atoms with E-state index in [-0.39, 0.29) is 11.9 Å². The van der Waals surface area contributed by atoms with Crippen molar-refractivity contribution in [2.24, 2.45) is 0 Å². The number of hydrogen-bond acceptors (Lipinski definition) is 2. The summed E-state index contributed by atoms with van der Waals surface area (Å²) in [6.07, 6.45) is 2.99. The summed E-state index contributed by atoms with van der Waals surface area (Å²) in [7, 11) is -1.28. The molecule has 0 aromatic carbocycles. The van der Waals surface area contributed by atoms with Crippen molar-refractivity contribution < 1.29 is 9.59 Å². The number of nitrogens with zero attached hydrogens (tertiary/aromatic N) is 1. The van der Waals surface area contributed by atoms with Gasteiger partial charge in [-0.25, -0.2) is 0 Å². The Labute approximate surface area is 80.1 Å². The molecule has 0 radical (unpaired) electrons. The van der Waals surface area contributed by atoms with E-state index in [1.54, 1.807) is 4.90 Å². The quantitative estimate of drug-likeness (QED) is 0.503. The molecule has 0 N–H and O–H groups in total. The zero-order chi connectivity index (χ0) is 10.1. The van der Waals surface area contributed by atoms with Crippen LogP contribution in [0.3, 0.4) is 0 Å². The summed E-state index contributed by atoms with van der Waals surface area (Å²) in [6.45, 7) is 6.63. The molecule has 3 nitrogen and oxygen atoms in total. The fourth-order valence-electron chi connectivity index (χ4n) is 1.61. The second-order valence-electron chi connectivity index (χ2n) is 4.82. The Morgan fingerprint density at radius 2 is 2.15 bits per heavy atom. The molecular formula is C9H17NO2Si. The smallest absolute Gasteiger partial charge is 0.222 e. The molecular weight excluding hydrogens is 182 g/mol. The molecule has 1 unspecified atom stereocenters. The van der Waals surface area contributed by atoms with E-state index in [0.717, 1.165) is 12.5 Å². The van der Waals surface area contributed by atoms with Gasteiger partial charge >= 0.3 is 0 Å². The van der Waals surface area contributed by atoms with Gasteiger partial charge in [-0.05, 0) is 6.42 Å². The number of likely N-dealkylation sites (tertiary alicyclic amines) is 1. The lowest BCUT2D eigenvalue weighted by Gasteiger charge is -2.27. The monoisotopic (exact) mass is 199 g/mol. The Bertz CT molecular complexity index is 222. The molecule has 1 atom stereocenters. The summed E-state index contributed by atoms with van der Waals surface area (Å²) >= 11 is 0. The largest absolute Gasteiger partial charge is 0.336 e. The van der Waals surface area contributed by atoms with Gasteiger partial charge in [0.15, 0.2) is 0 Å². The minimum absolute atomic E-state index is 0.140. The summed E-state index contributed by atoms with van der Waals surface area (Å²) in [5.41, 5.74) is 0. The molecule has 0 spiro atoms. The minimum Gasteiger partial charge on any atom is -0.336 e. The van der Waals surface area contributed by atoms with E-state index in [9.17, 15) is 9.59 Å². The number of carbonyl (C=O) groups excluding carboxylic acids is 2. The molecule has 0 aromatic rings. The van der Waals surface area contributed by atoms with Crippen molar-refractivity contribution in [3.8, 4) is 0 Å². The number of aldehydes is 1.